The standard InChI is InChI=1S/C16H16F3N/c1-3-15(11-6-4-10(2)5-7-11)20-16-13(18)8-12(17)9-14(16)19/h4-9,15,20H,3H2,1-2H3. The van der Waals surface area contributed by atoms with Crippen molar-refractivity contribution in [3.8, 4) is 0 Å². The molecule has 0 bridgehead atoms. The van der Waals surface area contributed by atoms with Gasteiger partial charge in [0, 0.05) is 12.1 Å². The summed E-state index contributed by atoms with van der Waals surface area (Å²) in [6, 6.07) is 8.82. The van der Waals surface area contributed by atoms with Crippen molar-refractivity contribution in [3.63, 3.8) is 0 Å². The Hall–Kier alpha value is -1.97. The third-order valence-electron chi connectivity index (χ3n) is 3.21. The Morgan fingerprint density at radius 1 is 1.00 bits per heavy atom. The summed E-state index contributed by atoms with van der Waals surface area (Å²) in [5, 5.41) is 2.81. The average Bonchev–Trinajstić information content (AvgIpc) is 2.39. The van der Waals surface area contributed by atoms with Gasteiger partial charge >= 0.3 is 0 Å². The van der Waals surface area contributed by atoms with Crippen LogP contribution in [0.25, 0.3) is 0 Å². The van der Waals surface area contributed by atoms with E-state index in [0.29, 0.717) is 18.6 Å². The first-order valence-corrected chi connectivity index (χ1v) is 6.49. The first kappa shape index (κ1) is 14.4. The van der Waals surface area contributed by atoms with E-state index in [0.717, 1.165) is 11.1 Å². The molecule has 20 heavy (non-hydrogen) atoms. The molecule has 0 saturated carbocycles. The van der Waals surface area contributed by atoms with Gasteiger partial charge in [0.15, 0.2) is 11.6 Å². The Morgan fingerprint density at radius 3 is 2.05 bits per heavy atom. The van der Waals surface area contributed by atoms with E-state index in [2.05, 4.69) is 5.32 Å². The molecule has 4 heteroatoms. The molecule has 2 aromatic carbocycles. The maximum atomic E-state index is 13.6. The lowest BCUT2D eigenvalue weighted by Gasteiger charge is -2.20. The van der Waals surface area contributed by atoms with Crippen molar-refractivity contribution in [2.75, 3.05) is 5.32 Å². The molecule has 1 nitrogen and oxygen atoms in total. The monoisotopic (exact) mass is 279 g/mol. The Labute approximate surface area is 116 Å². The summed E-state index contributed by atoms with van der Waals surface area (Å²) < 4.78 is 40.2. The zero-order chi connectivity index (χ0) is 14.7. The van der Waals surface area contributed by atoms with Crippen LogP contribution < -0.4 is 5.32 Å². The molecule has 1 atom stereocenters. The van der Waals surface area contributed by atoms with Crippen LogP contribution in [0.3, 0.4) is 0 Å². The van der Waals surface area contributed by atoms with E-state index < -0.39 is 17.5 Å². The summed E-state index contributed by atoms with van der Waals surface area (Å²) in [6.07, 6.45) is 0.652. The van der Waals surface area contributed by atoms with Gasteiger partial charge in [-0.3, -0.25) is 0 Å². The van der Waals surface area contributed by atoms with Crippen LogP contribution in [0.4, 0.5) is 18.9 Å². The van der Waals surface area contributed by atoms with Gasteiger partial charge in [0.25, 0.3) is 0 Å². The predicted octanol–water partition coefficient (Wildman–Crippen LogP) is 4.98. The van der Waals surface area contributed by atoms with E-state index >= 15 is 0 Å². The number of anilines is 1. The highest BCUT2D eigenvalue weighted by Crippen LogP contribution is 2.27. The van der Waals surface area contributed by atoms with Gasteiger partial charge < -0.3 is 5.32 Å². The van der Waals surface area contributed by atoms with Gasteiger partial charge in [-0.05, 0) is 18.9 Å². The Balaban J connectivity index is 2.29. The van der Waals surface area contributed by atoms with Crippen LogP contribution in [0, 0.1) is 24.4 Å². The lowest BCUT2D eigenvalue weighted by Crippen LogP contribution is -2.12. The summed E-state index contributed by atoms with van der Waals surface area (Å²) >= 11 is 0. The smallest absolute Gasteiger partial charge is 0.152 e. The molecule has 0 heterocycles. The van der Waals surface area contributed by atoms with E-state index in [1.54, 1.807) is 0 Å². The Kier molecular flexibility index (Phi) is 4.32. The van der Waals surface area contributed by atoms with Crippen LogP contribution >= 0.6 is 0 Å². The number of benzene rings is 2. The van der Waals surface area contributed by atoms with Crippen LogP contribution in [-0.2, 0) is 0 Å². The second kappa shape index (κ2) is 5.99. The molecule has 0 saturated heterocycles. The van der Waals surface area contributed by atoms with Gasteiger partial charge in [0.2, 0.25) is 0 Å². The van der Waals surface area contributed by atoms with Crippen molar-refractivity contribution in [3.05, 3.63) is 65.0 Å². The zero-order valence-corrected chi connectivity index (χ0v) is 11.4. The number of hydrogen-bond donors (Lipinski definition) is 1. The van der Waals surface area contributed by atoms with Crippen molar-refractivity contribution in [1.82, 2.24) is 0 Å². The minimum atomic E-state index is -0.923. The second-order valence-corrected chi connectivity index (χ2v) is 4.76. The molecule has 2 aromatic rings. The number of halogens is 3. The van der Waals surface area contributed by atoms with Crippen molar-refractivity contribution < 1.29 is 13.2 Å². The van der Waals surface area contributed by atoms with Gasteiger partial charge in [0.05, 0.1) is 6.04 Å². The van der Waals surface area contributed by atoms with Gasteiger partial charge in [0.1, 0.15) is 11.5 Å². The SMILES string of the molecule is CCC(Nc1c(F)cc(F)cc1F)c1ccc(C)cc1. The molecule has 0 aliphatic rings. The molecule has 2 rings (SSSR count). The molecular weight excluding hydrogens is 263 g/mol. The fraction of sp³-hybridized carbons (Fsp3) is 0.250. The van der Waals surface area contributed by atoms with Gasteiger partial charge in [-0.1, -0.05) is 36.8 Å². The molecule has 0 amide bonds. The Bertz CT molecular complexity index is 570. The highest BCUT2D eigenvalue weighted by molar-refractivity contribution is 5.48. The number of hydrogen-bond acceptors (Lipinski definition) is 1. The van der Waals surface area contributed by atoms with Gasteiger partial charge in [-0.25, -0.2) is 13.2 Å². The predicted molar refractivity (Wildman–Crippen MR) is 74.1 cm³/mol. The van der Waals surface area contributed by atoms with E-state index in [9.17, 15) is 13.2 Å². The van der Waals surface area contributed by atoms with Crippen molar-refractivity contribution in [1.29, 1.82) is 0 Å². The third-order valence-corrected chi connectivity index (χ3v) is 3.21. The topological polar surface area (TPSA) is 12.0 Å². The molecule has 106 valence electrons. The van der Waals surface area contributed by atoms with Crippen LogP contribution in [0.1, 0.15) is 30.5 Å². The molecule has 0 radical (unpaired) electrons. The fourth-order valence-electron chi connectivity index (χ4n) is 2.07. The molecule has 0 spiro atoms. The second-order valence-electron chi connectivity index (χ2n) is 4.76. The summed E-state index contributed by atoms with van der Waals surface area (Å²) in [5.41, 5.74) is 1.75. The van der Waals surface area contributed by atoms with Gasteiger partial charge in [-0.15, -0.1) is 0 Å². The normalized spacial score (nSPS) is 12.2. The molecule has 0 aliphatic heterocycles. The minimum absolute atomic E-state index is 0.231. The molecule has 0 aromatic heterocycles. The summed E-state index contributed by atoms with van der Waals surface area (Å²) in [6.45, 7) is 3.88. The van der Waals surface area contributed by atoms with Crippen LogP contribution in [0.2, 0.25) is 0 Å². The summed E-state index contributed by atoms with van der Waals surface area (Å²) in [5.74, 6) is -2.77. The molecule has 1 unspecified atom stereocenters. The Morgan fingerprint density at radius 2 is 1.55 bits per heavy atom. The van der Waals surface area contributed by atoms with Crippen molar-refractivity contribution in [2.24, 2.45) is 0 Å². The quantitative estimate of drug-likeness (QED) is 0.832. The summed E-state index contributed by atoms with van der Waals surface area (Å²) in [7, 11) is 0. The fourth-order valence-corrected chi connectivity index (χ4v) is 2.07. The molecular formula is C16H16F3N. The third kappa shape index (κ3) is 3.13. The zero-order valence-electron chi connectivity index (χ0n) is 11.4. The summed E-state index contributed by atoms with van der Waals surface area (Å²) in [4.78, 5) is 0. The lowest BCUT2D eigenvalue weighted by atomic mass is 10.0. The maximum absolute atomic E-state index is 13.6. The van der Waals surface area contributed by atoms with Crippen molar-refractivity contribution >= 4 is 5.69 Å². The average molecular weight is 279 g/mol. The van der Waals surface area contributed by atoms with E-state index in [4.69, 9.17) is 0 Å². The highest BCUT2D eigenvalue weighted by atomic mass is 19.1. The highest BCUT2D eigenvalue weighted by Gasteiger charge is 2.16. The van der Waals surface area contributed by atoms with E-state index in [1.165, 1.54) is 0 Å². The number of aryl methyl sites for hydroxylation is 1. The largest absolute Gasteiger partial charge is 0.373 e. The van der Waals surface area contributed by atoms with E-state index in [1.807, 2.05) is 38.1 Å². The number of rotatable bonds is 4. The first-order valence-electron chi connectivity index (χ1n) is 6.49. The van der Waals surface area contributed by atoms with Crippen molar-refractivity contribution in [2.45, 2.75) is 26.3 Å². The van der Waals surface area contributed by atoms with E-state index in [-0.39, 0.29) is 11.7 Å². The maximum Gasteiger partial charge on any atom is 0.152 e. The molecule has 0 aliphatic carbocycles. The van der Waals surface area contributed by atoms with Crippen LogP contribution in [0.5, 0.6) is 0 Å². The number of nitrogens with one attached hydrogen (secondary N) is 1. The van der Waals surface area contributed by atoms with Crippen LogP contribution in [0.15, 0.2) is 36.4 Å². The van der Waals surface area contributed by atoms with Crippen LogP contribution in [-0.4, -0.2) is 0 Å². The van der Waals surface area contributed by atoms with Gasteiger partial charge in [-0.2, -0.15) is 0 Å². The minimum Gasteiger partial charge on any atom is -0.373 e. The first-order chi connectivity index (χ1) is 9.51. The lowest BCUT2D eigenvalue weighted by molar-refractivity contribution is 0.543. The molecule has 0 fully saturated rings. The molecule has 1 N–H and O–H groups in total.